The Hall–Kier alpha value is -3.06. The zero-order valence-corrected chi connectivity index (χ0v) is 15.8. The van der Waals surface area contributed by atoms with Crippen LogP contribution in [-0.2, 0) is 16.1 Å². The van der Waals surface area contributed by atoms with Crippen LogP contribution in [0.15, 0.2) is 55.1 Å². The van der Waals surface area contributed by atoms with Gasteiger partial charge in [-0.1, -0.05) is 0 Å². The molecule has 6 nitrogen and oxygen atoms in total. The Morgan fingerprint density at radius 3 is 2.72 bits per heavy atom. The zero-order chi connectivity index (χ0) is 20.7. The third kappa shape index (κ3) is 3.31. The Labute approximate surface area is 169 Å². The summed E-state index contributed by atoms with van der Waals surface area (Å²) in [7, 11) is 0. The van der Waals surface area contributed by atoms with E-state index in [1.54, 1.807) is 41.4 Å². The molecule has 3 aromatic rings. The molecular weight excluding hydrogens is 371 g/mol. The number of carbonyl (C=O) groups is 1. The van der Waals surface area contributed by atoms with E-state index >= 15 is 0 Å². The van der Waals surface area contributed by atoms with Crippen LogP contribution in [0.1, 0.15) is 7.79 Å². The maximum Gasteiger partial charge on any atom is 0.242 e. The summed E-state index contributed by atoms with van der Waals surface area (Å²) < 4.78 is 28.4. The lowest BCUT2D eigenvalue weighted by atomic mass is 9.85. The van der Waals surface area contributed by atoms with Gasteiger partial charge in [-0.05, 0) is 42.8 Å². The normalized spacial score (nSPS) is 18.0. The van der Waals surface area contributed by atoms with Gasteiger partial charge in [-0.15, -0.1) is 0 Å². The molecule has 0 radical (unpaired) electrons. The number of likely N-dealkylation sites (tertiary alicyclic amines) is 1. The van der Waals surface area contributed by atoms with Gasteiger partial charge in [0, 0.05) is 42.0 Å². The van der Waals surface area contributed by atoms with Crippen LogP contribution in [0.5, 0.6) is 0 Å². The summed E-state index contributed by atoms with van der Waals surface area (Å²) in [6, 6.07) is 9.53. The summed E-state index contributed by atoms with van der Waals surface area (Å²) in [6.07, 6.45) is 4.30. The molecule has 0 aliphatic carbocycles. The monoisotopic (exact) mass is 393 g/mol. The lowest BCUT2D eigenvalue weighted by molar-refractivity contribution is -0.135. The number of rotatable bonds is 4. The minimum Gasteiger partial charge on any atom is -0.380 e. The summed E-state index contributed by atoms with van der Waals surface area (Å²) in [6.45, 7) is 3.07. The van der Waals surface area contributed by atoms with Crippen LogP contribution in [0.3, 0.4) is 0 Å². The van der Waals surface area contributed by atoms with Crippen molar-refractivity contribution in [2.24, 2.45) is 5.41 Å². The van der Waals surface area contributed by atoms with E-state index in [1.807, 2.05) is 4.90 Å². The summed E-state index contributed by atoms with van der Waals surface area (Å²) in [4.78, 5) is 23.4. The molecule has 29 heavy (non-hydrogen) atoms. The van der Waals surface area contributed by atoms with Gasteiger partial charge in [-0.3, -0.25) is 9.78 Å². The van der Waals surface area contributed by atoms with E-state index in [0.29, 0.717) is 11.4 Å². The molecule has 0 unspecified atom stereocenters. The van der Waals surface area contributed by atoms with E-state index < -0.39 is 0 Å². The largest absolute Gasteiger partial charge is 0.380 e. The van der Waals surface area contributed by atoms with Gasteiger partial charge in [0.25, 0.3) is 0 Å². The molecule has 0 N–H and O–H groups in total. The minimum atomic E-state index is -0.324. The van der Waals surface area contributed by atoms with Gasteiger partial charge >= 0.3 is 0 Å². The number of amides is 1. The maximum atomic E-state index is 13.4. The maximum absolute atomic E-state index is 13.4. The Balaban J connectivity index is 1.48. The van der Waals surface area contributed by atoms with Crippen LogP contribution in [0.4, 0.5) is 4.39 Å². The Morgan fingerprint density at radius 1 is 1.21 bits per heavy atom. The van der Waals surface area contributed by atoms with E-state index in [4.69, 9.17) is 6.11 Å². The molecule has 2 saturated heterocycles. The van der Waals surface area contributed by atoms with Crippen molar-refractivity contribution < 1.29 is 15.3 Å². The van der Waals surface area contributed by atoms with Crippen molar-refractivity contribution in [3.63, 3.8) is 0 Å². The fourth-order valence-electron chi connectivity index (χ4n) is 4.11. The van der Waals surface area contributed by atoms with Crippen LogP contribution in [0.25, 0.3) is 22.5 Å². The number of nitrogens with zero attached hydrogens (tertiary/aromatic N) is 4. The molecular formula is C22H21FN4O2. The van der Waals surface area contributed by atoms with E-state index in [2.05, 4.69) is 9.97 Å². The van der Waals surface area contributed by atoms with Crippen molar-refractivity contribution in [3.05, 3.63) is 60.9 Å². The zero-order valence-electron chi connectivity index (χ0n) is 16.8. The predicted octanol–water partition coefficient (Wildman–Crippen LogP) is 3.00. The molecule has 0 atom stereocenters. The highest BCUT2D eigenvalue weighted by atomic mass is 19.1. The Morgan fingerprint density at radius 2 is 2.03 bits per heavy atom. The number of aromatic nitrogens is 3. The average Bonchev–Trinajstić information content (AvgIpc) is 3.33. The van der Waals surface area contributed by atoms with Crippen molar-refractivity contribution in [2.75, 3.05) is 26.3 Å². The first-order valence-electron chi connectivity index (χ1n) is 10.1. The molecule has 4 heterocycles. The van der Waals surface area contributed by atoms with Crippen molar-refractivity contribution in [2.45, 2.75) is 13.0 Å². The van der Waals surface area contributed by atoms with Gasteiger partial charge in [-0.2, -0.15) is 0 Å². The molecule has 2 aromatic heterocycles. The predicted molar refractivity (Wildman–Crippen MR) is 105 cm³/mol. The Bertz CT molecular complexity index is 1090. The van der Waals surface area contributed by atoms with Crippen LogP contribution < -0.4 is 0 Å². The van der Waals surface area contributed by atoms with E-state index in [-0.39, 0.29) is 29.9 Å². The number of imidazole rings is 1. The number of halogens is 1. The molecule has 2 aliphatic rings. The third-order valence-electron chi connectivity index (χ3n) is 5.77. The van der Waals surface area contributed by atoms with Crippen LogP contribution in [-0.4, -0.2) is 51.6 Å². The van der Waals surface area contributed by atoms with Crippen LogP contribution in [0.2, 0.25) is 0 Å². The minimum absolute atomic E-state index is 0.0308. The second-order valence-corrected chi connectivity index (χ2v) is 7.81. The lowest BCUT2D eigenvalue weighted by Crippen LogP contribution is -2.45. The quantitative estimate of drug-likeness (QED) is 0.684. The van der Waals surface area contributed by atoms with Crippen molar-refractivity contribution in [1.82, 2.24) is 19.4 Å². The fraction of sp³-hybridized carbons (Fsp3) is 0.318. The second-order valence-electron chi connectivity index (χ2n) is 7.81. The van der Waals surface area contributed by atoms with Crippen LogP contribution >= 0.6 is 0 Å². The van der Waals surface area contributed by atoms with Crippen LogP contribution in [0, 0.1) is 11.2 Å². The number of hydrogen-bond donors (Lipinski definition) is 0. The molecule has 0 bridgehead atoms. The van der Waals surface area contributed by atoms with Gasteiger partial charge in [0.1, 0.15) is 12.4 Å². The average molecular weight is 393 g/mol. The van der Waals surface area contributed by atoms with Crippen molar-refractivity contribution >= 4 is 5.91 Å². The molecule has 1 aromatic carbocycles. The summed E-state index contributed by atoms with van der Waals surface area (Å²) in [5.41, 5.74) is 2.97. The first kappa shape index (κ1) is 16.9. The SMILES string of the molecule is [2H]c1cc(-c2c(-c3ccc(F)cc3)ncn2CC(=O)N2CCC3(COC3)C2)ccn1. The van der Waals surface area contributed by atoms with Crippen molar-refractivity contribution in [1.29, 1.82) is 0 Å². The van der Waals surface area contributed by atoms with Gasteiger partial charge in [0.15, 0.2) is 0 Å². The molecule has 2 aliphatic heterocycles. The molecule has 2 fully saturated rings. The number of benzene rings is 1. The number of pyridine rings is 1. The number of hydrogen-bond acceptors (Lipinski definition) is 4. The lowest BCUT2D eigenvalue weighted by Gasteiger charge is -2.37. The number of carbonyl (C=O) groups excluding carboxylic acids is 1. The van der Waals surface area contributed by atoms with E-state index in [0.717, 1.165) is 43.9 Å². The summed E-state index contributed by atoms with van der Waals surface area (Å²) >= 11 is 0. The molecule has 0 saturated carbocycles. The Kier molecular flexibility index (Phi) is 4.11. The number of ether oxygens (including phenoxy) is 1. The topological polar surface area (TPSA) is 60.2 Å². The molecule has 1 amide bonds. The fourth-order valence-corrected chi connectivity index (χ4v) is 4.11. The smallest absolute Gasteiger partial charge is 0.242 e. The third-order valence-corrected chi connectivity index (χ3v) is 5.77. The van der Waals surface area contributed by atoms with E-state index in [1.165, 1.54) is 12.1 Å². The first-order valence-corrected chi connectivity index (χ1v) is 9.63. The van der Waals surface area contributed by atoms with Gasteiger partial charge in [-0.25, -0.2) is 9.37 Å². The van der Waals surface area contributed by atoms with Gasteiger partial charge in [0.2, 0.25) is 5.91 Å². The second kappa shape index (κ2) is 7.08. The summed E-state index contributed by atoms with van der Waals surface area (Å²) in [5, 5.41) is 0. The van der Waals surface area contributed by atoms with Crippen molar-refractivity contribution in [3.8, 4) is 22.5 Å². The summed E-state index contributed by atoms with van der Waals surface area (Å²) in [5.74, 6) is -0.293. The highest BCUT2D eigenvalue weighted by Gasteiger charge is 2.45. The molecule has 148 valence electrons. The standard InChI is InChI=1S/C22H21FN4O2/c23-18-3-1-16(2-4-18)20-21(17-5-8-24-9-6-17)27(15-25-20)11-19(28)26-10-7-22(12-26)13-29-14-22/h1-6,8-9,15H,7,10-14H2/i8D. The highest BCUT2D eigenvalue weighted by molar-refractivity contribution is 5.81. The highest BCUT2D eigenvalue weighted by Crippen LogP contribution is 2.38. The molecule has 7 heteroatoms. The van der Waals surface area contributed by atoms with E-state index in [9.17, 15) is 9.18 Å². The van der Waals surface area contributed by atoms with Gasteiger partial charge < -0.3 is 14.2 Å². The molecule has 5 rings (SSSR count). The van der Waals surface area contributed by atoms with Gasteiger partial charge in [0.05, 0.1) is 32.3 Å². The molecule has 1 spiro atoms. The first-order chi connectivity index (χ1) is 14.5.